The van der Waals surface area contributed by atoms with Crippen LogP contribution in [0.4, 0.5) is 0 Å². The van der Waals surface area contributed by atoms with Crippen LogP contribution in [-0.4, -0.2) is 11.5 Å². The lowest BCUT2D eigenvalue weighted by molar-refractivity contribution is -0.118. The summed E-state index contributed by atoms with van der Waals surface area (Å²) in [5.41, 5.74) is 1.20. The standard InChI is InChI=1S/C10H10OS/c11-9-5-6-12-10-4-2-1-3-8(10)7-9/h1-4H,5-7H2. The molecule has 0 unspecified atom stereocenters. The van der Waals surface area contributed by atoms with E-state index in [1.54, 1.807) is 11.8 Å². The van der Waals surface area contributed by atoms with Crippen LogP contribution in [0.25, 0.3) is 0 Å². The first-order valence-corrected chi connectivity index (χ1v) is 5.07. The van der Waals surface area contributed by atoms with E-state index in [4.69, 9.17) is 0 Å². The van der Waals surface area contributed by atoms with Crippen LogP contribution in [0.2, 0.25) is 0 Å². The summed E-state index contributed by atoms with van der Waals surface area (Å²) >= 11 is 1.79. The number of Topliss-reactive ketones (excluding diaryl/α,β-unsaturated/α-hetero) is 1. The Balaban J connectivity index is 2.37. The van der Waals surface area contributed by atoms with Crippen molar-refractivity contribution in [2.24, 2.45) is 0 Å². The number of carbonyl (C=O) groups is 1. The van der Waals surface area contributed by atoms with Crippen molar-refractivity contribution >= 4 is 17.5 Å². The van der Waals surface area contributed by atoms with Crippen molar-refractivity contribution in [1.82, 2.24) is 0 Å². The van der Waals surface area contributed by atoms with Gasteiger partial charge in [0.25, 0.3) is 0 Å². The zero-order valence-electron chi connectivity index (χ0n) is 6.75. The van der Waals surface area contributed by atoms with Crippen molar-refractivity contribution in [3.8, 4) is 0 Å². The molecule has 0 aliphatic carbocycles. The first kappa shape index (κ1) is 7.87. The first-order valence-electron chi connectivity index (χ1n) is 4.08. The Morgan fingerprint density at radius 1 is 1.25 bits per heavy atom. The number of ketones is 1. The van der Waals surface area contributed by atoms with Gasteiger partial charge in [0.05, 0.1) is 0 Å². The maximum atomic E-state index is 11.2. The molecule has 0 saturated carbocycles. The Morgan fingerprint density at radius 3 is 3.00 bits per heavy atom. The Kier molecular flexibility index (Phi) is 2.17. The number of fused-ring (bicyclic) bond motifs is 1. The topological polar surface area (TPSA) is 17.1 Å². The van der Waals surface area contributed by atoms with Crippen molar-refractivity contribution in [2.75, 3.05) is 5.75 Å². The summed E-state index contributed by atoms with van der Waals surface area (Å²) in [7, 11) is 0. The molecule has 12 heavy (non-hydrogen) atoms. The predicted octanol–water partition coefficient (Wildman–Crippen LogP) is 2.29. The highest BCUT2D eigenvalue weighted by atomic mass is 32.2. The van der Waals surface area contributed by atoms with E-state index in [1.807, 2.05) is 18.2 Å². The number of carbonyl (C=O) groups excluding carboxylic acids is 1. The molecule has 0 N–H and O–H groups in total. The summed E-state index contributed by atoms with van der Waals surface area (Å²) in [5.74, 6) is 1.31. The van der Waals surface area contributed by atoms with Crippen molar-refractivity contribution in [1.29, 1.82) is 0 Å². The van der Waals surface area contributed by atoms with Crippen LogP contribution in [0, 0.1) is 0 Å². The molecule has 0 spiro atoms. The highest BCUT2D eigenvalue weighted by Crippen LogP contribution is 2.26. The highest BCUT2D eigenvalue weighted by molar-refractivity contribution is 7.99. The molecule has 0 fully saturated rings. The van der Waals surface area contributed by atoms with Gasteiger partial charge in [-0.2, -0.15) is 0 Å². The van der Waals surface area contributed by atoms with E-state index in [0.717, 1.165) is 12.2 Å². The lowest BCUT2D eigenvalue weighted by atomic mass is 10.1. The van der Waals surface area contributed by atoms with Gasteiger partial charge in [0.1, 0.15) is 5.78 Å². The van der Waals surface area contributed by atoms with Crippen LogP contribution in [0.5, 0.6) is 0 Å². The maximum Gasteiger partial charge on any atom is 0.138 e. The van der Waals surface area contributed by atoms with Gasteiger partial charge in [0, 0.05) is 23.5 Å². The van der Waals surface area contributed by atoms with Gasteiger partial charge in [-0.1, -0.05) is 18.2 Å². The Labute approximate surface area is 76.2 Å². The quantitative estimate of drug-likeness (QED) is 0.606. The number of benzene rings is 1. The molecule has 1 aromatic rings. The number of thioether (sulfide) groups is 1. The van der Waals surface area contributed by atoms with Crippen LogP contribution in [0.15, 0.2) is 29.2 Å². The third kappa shape index (κ3) is 1.53. The van der Waals surface area contributed by atoms with E-state index in [9.17, 15) is 4.79 Å². The second-order valence-corrected chi connectivity index (χ2v) is 4.06. The second-order valence-electron chi connectivity index (χ2n) is 2.92. The van der Waals surface area contributed by atoms with Crippen LogP contribution in [0.3, 0.4) is 0 Å². The SMILES string of the molecule is O=C1CCSc2ccccc2C1. The van der Waals surface area contributed by atoms with E-state index in [0.29, 0.717) is 12.2 Å². The van der Waals surface area contributed by atoms with Gasteiger partial charge < -0.3 is 0 Å². The largest absolute Gasteiger partial charge is 0.299 e. The Bertz CT molecular complexity index is 306. The molecule has 1 nitrogen and oxygen atoms in total. The van der Waals surface area contributed by atoms with Crippen molar-refractivity contribution in [2.45, 2.75) is 17.7 Å². The first-order chi connectivity index (χ1) is 5.86. The van der Waals surface area contributed by atoms with Gasteiger partial charge in [0.2, 0.25) is 0 Å². The van der Waals surface area contributed by atoms with Crippen molar-refractivity contribution in [3.63, 3.8) is 0 Å². The molecule has 2 rings (SSSR count). The number of rotatable bonds is 0. The van der Waals surface area contributed by atoms with Crippen LogP contribution < -0.4 is 0 Å². The molecule has 2 heteroatoms. The van der Waals surface area contributed by atoms with E-state index in [1.165, 1.54) is 10.5 Å². The summed E-state index contributed by atoms with van der Waals surface area (Å²) in [6.45, 7) is 0. The van der Waals surface area contributed by atoms with Gasteiger partial charge in [-0.15, -0.1) is 11.8 Å². The molecule has 1 aliphatic heterocycles. The molecule has 1 aliphatic rings. The third-order valence-corrected chi connectivity index (χ3v) is 3.12. The molecular formula is C10H10OS. The van der Waals surface area contributed by atoms with Gasteiger partial charge in [-0.3, -0.25) is 4.79 Å². The van der Waals surface area contributed by atoms with E-state index < -0.39 is 0 Å². The Morgan fingerprint density at radius 2 is 2.08 bits per heavy atom. The lowest BCUT2D eigenvalue weighted by Crippen LogP contribution is -2.00. The Hall–Kier alpha value is -0.760. The van der Waals surface area contributed by atoms with Crippen molar-refractivity contribution in [3.05, 3.63) is 29.8 Å². The van der Waals surface area contributed by atoms with Gasteiger partial charge in [-0.25, -0.2) is 0 Å². The van der Waals surface area contributed by atoms with E-state index in [2.05, 4.69) is 6.07 Å². The minimum absolute atomic E-state index is 0.368. The van der Waals surface area contributed by atoms with Crippen LogP contribution in [0.1, 0.15) is 12.0 Å². The minimum atomic E-state index is 0.368. The van der Waals surface area contributed by atoms with Crippen LogP contribution in [-0.2, 0) is 11.2 Å². The fourth-order valence-electron chi connectivity index (χ4n) is 1.37. The summed E-state index contributed by atoms with van der Waals surface area (Å²) in [6.07, 6.45) is 1.35. The predicted molar refractivity (Wildman–Crippen MR) is 50.5 cm³/mol. The van der Waals surface area contributed by atoms with Gasteiger partial charge >= 0.3 is 0 Å². The molecule has 0 radical (unpaired) electrons. The summed E-state index contributed by atoms with van der Waals surface area (Å²) in [4.78, 5) is 12.5. The summed E-state index contributed by atoms with van der Waals surface area (Å²) in [6, 6.07) is 8.17. The van der Waals surface area contributed by atoms with Crippen LogP contribution >= 0.6 is 11.8 Å². The lowest BCUT2D eigenvalue weighted by Gasteiger charge is -2.01. The zero-order valence-corrected chi connectivity index (χ0v) is 7.56. The second kappa shape index (κ2) is 3.31. The average molecular weight is 178 g/mol. The highest BCUT2D eigenvalue weighted by Gasteiger charge is 2.12. The van der Waals surface area contributed by atoms with Gasteiger partial charge in [-0.05, 0) is 11.6 Å². The van der Waals surface area contributed by atoms with E-state index >= 15 is 0 Å². The minimum Gasteiger partial charge on any atom is -0.299 e. The molecule has 1 heterocycles. The molecule has 1 aromatic carbocycles. The average Bonchev–Trinajstić information content (AvgIpc) is 2.25. The fourth-order valence-corrected chi connectivity index (χ4v) is 2.42. The molecule has 0 bridgehead atoms. The van der Waals surface area contributed by atoms with Crippen molar-refractivity contribution < 1.29 is 4.79 Å². The molecule has 0 atom stereocenters. The normalized spacial score (nSPS) is 16.8. The summed E-state index contributed by atoms with van der Waals surface area (Å²) in [5, 5.41) is 0. The number of hydrogen-bond acceptors (Lipinski definition) is 2. The monoisotopic (exact) mass is 178 g/mol. The fraction of sp³-hybridized carbons (Fsp3) is 0.300. The van der Waals surface area contributed by atoms with Gasteiger partial charge in [0.15, 0.2) is 0 Å². The molecule has 62 valence electrons. The smallest absolute Gasteiger partial charge is 0.138 e. The summed E-state index contributed by atoms with van der Waals surface area (Å²) < 4.78 is 0. The molecule has 0 amide bonds. The zero-order chi connectivity index (χ0) is 8.39. The maximum absolute atomic E-state index is 11.2. The van der Waals surface area contributed by atoms with E-state index in [-0.39, 0.29) is 0 Å². The third-order valence-electron chi connectivity index (χ3n) is 2.00. The molecule has 0 aromatic heterocycles. The number of hydrogen-bond donors (Lipinski definition) is 0. The molecular weight excluding hydrogens is 168 g/mol. The molecule has 0 saturated heterocycles.